The molecule has 0 unspecified atom stereocenters. The van der Waals surface area contributed by atoms with Crippen LogP contribution >= 0.6 is 0 Å². The van der Waals surface area contributed by atoms with Gasteiger partial charge in [-0.1, -0.05) is 5.16 Å². The predicted octanol–water partition coefficient (Wildman–Crippen LogP) is 0.0747. The van der Waals surface area contributed by atoms with Gasteiger partial charge in [0.2, 0.25) is 5.76 Å². The van der Waals surface area contributed by atoms with E-state index in [4.69, 9.17) is 4.52 Å². The number of aromatic nitrogens is 1. The second-order valence-electron chi connectivity index (χ2n) is 3.50. The zero-order chi connectivity index (χ0) is 9.97. The van der Waals surface area contributed by atoms with Gasteiger partial charge in [-0.2, -0.15) is 0 Å². The molecule has 1 aliphatic rings. The highest BCUT2D eigenvalue weighted by molar-refractivity contribution is 5.91. The molecule has 76 valence electrons. The molecule has 1 saturated heterocycles. The highest BCUT2D eigenvalue weighted by atomic mass is 16.5. The van der Waals surface area contributed by atoms with Crippen LogP contribution in [0.5, 0.6) is 0 Å². The van der Waals surface area contributed by atoms with Crippen LogP contribution in [0, 0.1) is 6.92 Å². The topological polar surface area (TPSA) is 67.2 Å². The lowest BCUT2D eigenvalue weighted by molar-refractivity contribution is 0.0903. The number of amides is 1. The fraction of sp³-hybridized carbons (Fsp3) is 0.556. The summed E-state index contributed by atoms with van der Waals surface area (Å²) in [6.45, 7) is 3.58. The van der Waals surface area contributed by atoms with Crippen molar-refractivity contribution >= 4 is 5.91 Å². The summed E-state index contributed by atoms with van der Waals surface area (Å²) in [5, 5.41) is 9.71. The number of hydrogen-bond acceptors (Lipinski definition) is 4. The van der Waals surface area contributed by atoms with E-state index in [2.05, 4.69) is 15.8 Å². The molecule has 1 aromatic heterocycles. The molecule has 2 heterocycles. The van der Waals surface area contributed by atoms with E-state index < -0.39 is 0 Å². The Morgan fingerprint density at radius 3 is 3.21 bits per heavy atom. The molecule has 0 saturated carbocycles. The van der Waals surface area contributed by atoms with Crippen LogP contribution in [0.15, 0.2) is 10.6 Å². The largest absolute Gasteiger partial charge is 0.351 e. The van der Waals surface area contributed by atoms with Crippen molar-refractivity contribution in [2.75, 3.05) is 13.1 Å². The maximum Gasteiger partial charge on any atom is 0.290 e. The highest BCUT2D eigenvalue weighted by Gasteiger charge is 2.19. The van der Waals surface area contributed by atoms with Crippen molar-refractivity contribution in [3.05, 3.63) is 17.5 Å². The van der Waals surface area contributed by atoms with E-state index in [0.29, 0.717) is 0 Å². The van der Waals surface area contributed by atoms with Crippen LogP contribution in [0.4, 0.5) is 0 Å². The third kappa shape index (κ3) is 1.93. The molecular weight excluding hydrogens is 182 g/mol. The molecule has 0 spiro atoms. The zero-order valence-electron chi connectivity index (χ0n) is 8.04. The third-order valence-corrected chi connectivity index (χ3v) is 2.25. The number of nitrogens with zero attached hydrogens (tertiary/aromatic N) is 1. The smallest absolute Gasteiger partial charge is 0.290 e. The first-order valence-corrected chi connectivity index (χ1v) is 4.70. The van der Waals surface area contributed by atoms with Crippen molar-refractivity contribution in [2.45, 2.75) is 19.4 Å². The summed E-state index contributed by atoms with van der Waals surface area (Å²) in [4.78, 5) is 11.5. The van der Waals surface area contributed by atoms with Crippen LogP contribution in [-0.4, -0.2) is 30.2 Å². The summed E-state index contributed by atoms with van der Waals surface area (Å²) < 4.78 is 4.85. The van der Waals surface area contributed by atoms with Gasteiger partial charge in [-0.05, 0) is 19.9 Å². The van der Waals surface area contributed by atoms with E-state index in [9.17, 15) is 4.79 Å². The van der Waals surface area contributed by atoms with Crippen LogP contribution in [-0.2, 0) is 0 Å². The van der Waals surface area contributed by atoms with Gasteiger partial charge in [-0.15, -0.1) is 0 Å². The van der Waals surface area contributed by atoms with Gasteiger partial charge < -0.3 is 15.2 Å². The quantitative estimate of drug-likeness (QED) is 0.701. The van der Waals surface area contributed by atoms with Crippen LogP contribution in [0.1, 0.15) is 22.7 Å². The van der Waals surface area contributed by atoms with Crippen LogP contribution in [0.25, 0.3) is 0 Å². The van der Waals surface area contributed by atoms with Gasteiger partial charge in [-0.25, -0.2) is 0 Å². The minimum absolute atomic E-state index is 0.181. The summed E-state index contributed by atoms with van der Waals surface area (Å²) in [6, 6.07) is 1.85. The summed E-state index contributed by atoms with van der Waals surface area (Å²) in [5.74, 6) is 0.105. The maximum absolute atomic E-state index is 11.5. The predicted molar refractivity (Wildman–Crippen MR) is 50.0 cm³/mol. The van der Waals surface area contributed by atoms with Crippen molar-refractivity contribution < 1.29 is 9.32 Å². The summed E-state index contributed by atoms with van der Waals surface area (Å²) in [5.41, 5.74) is 0.722. The number of nitrogens with one attached hydrogen (secondary N) is 2. The van der Waals surface area contributed by atoms with Gasteiger partial charge in [0.1, 0.15) is 0 Å². The molecule has 1 atom stereocenters. The number of carbonyl (C=O) groups excluding carboxylic acids is 1. The molecule has 0 aliphatic carbocycles. The molecule has 0 bridgehead atoms. The molecular formula is C9H13N3O2. The lowest BCUT2D eigenvalue weighted by Crippen LogP contribution is -2.35. The van der Waals surface area contributed by atoms with E-state index in [-0.39, 0.29) is 17.7 Å². The van der Waals surface area contributed by atoms with Crippen molar-refractivity contribution in [3.8, 4) is 0 Å². The second kappa shape index (κ2) is 3.79. The first kappa shape index (κ1) is 9.21. The van der Waals surface area contributed by atoms with Crippen molar-refractivity contribution in [3.63, 3.8) is 0 Å². The van der Waals surface area contributed by atoms with E-state index >= 15 is 0 Å². The average molecular weight is 195 g/mol. The minimum atomic E-state index is -0.181. The van der Waals surface area contributed by atoms with Crippen molar-refractivity contribution in [2.24, 2.45) is 0 Å². The van der Waals surface area contributed by atoms with E-state index in [1.165, 1.54) is 0 Å². The van der Waals surface area contributed by atoms with Gasteiger partial charge in [-0.3, -0.25) is 4.79 Å². The Balaban J connectivity index is 1.95. The van der Waals surface area contributed by atoms with E-state index in [1.807, 2.05) is 0 Å². The Kier molecular flexibility index (Phi) is 2.49. The number of carbonyl (C=O) groups is 1. The zero-order valence-corrected chi connectivity index (χ0v) is 8.04. The normalized spacial score (nSPS) is 21.1. The molecule has 14 heavy (non-hydrogen) atoms. The van der Waals surface area contributed by atoms with Crippen LogP contribution < -0.4 is 10.6 Å². The number of hydrogen-bond donors (Lipinski definition) is 2. The Bertz CT molecular complexity index is 329. The Morgan fingerprint density at radius 1 is 1.79 bits per heavy atom. The molecule has 2 rings (SSSR count). The lowest BCUT2D eigenvalue weighted by atomic mass is 10.2. The molecule has 0 radical (unpaired) electrons. The molecule has 1 aliphatic heterocycles. The molecule has 2 N–H and O–H groups in total. The molecule has 5 heteroatoms. The number of aryl methyl sites for hydroxylation is 1. The fourth-order valence-electron chi connectivity index (χ4n) is 1.50. The van der Waals surface area contributed by atoms with Crippen molar-refractivity contribution in [1.82, 2.24) is 15.8 Å². The maximum atomic E-state index is 11.5. The molecule has 1 fully saturated rings. The molecule has 5 nitrogen and oxygen atoms in total. The van der Waals surface area contributed by atoms with Gasteiger partial charge >= 0.3 is 0 Å². The van der Waals surface area contributed by atoms with E-state index in [1.54, 1.807) is 13.0 Å². The summed E-state index contributed by atoms with van der Waals surface area (Å²) in [7, 11) is 0. The van der Waals surface area contributed by atoms with Gasteiger partial charge in [0.15, 0.2) is 0 Å². The first-order chi connectivity index (χ1) is 6.75. The SMILES string of the molecule is Cc1cc(C(=O)N[C@H]2CCNC2)on1. The highest BCUT2D eigenvalue weighted by Crippen LogP contribution is 2.04. The van der Waals surface area contributed by atoms with Gasteiger partial charge in [0.05, 0.1) is 5.69 Å². The fourth-order valence-corrected chi connectivity index (χ4v) is 1.50. The minimum Gasteiger partial charge on any atom is -0.351 e. The standard InChI is InChI=1S/C9H13N3O2/c1-6-4-8(14-12-6)9(13)11-7-2-3-10-5-7/h4,7,10H,2-3,5H2,1H3,(H,11,13)/t7-/m0/s1. The Labute approximate surface area is 81.8 Å². The van der Waals surface area contributed by atoms with E-state index in [0.717, 1.165) is 25.2 Å². The molecule has 0 aromatic carbocycles. The van der Waals surface area contributed by atoms with Gasteiger partial charge in [0, 0.05) is 18.7 Å². The lowest BCUT2D eigenvalue weighted by Gasteiger charge is -2.08. The molecule has 1 aromatic rings. The monoisotopic (exact) mass is 195 g/mol. The van der Waals surface area contributed by atoms with Gasteiger partial charge in [0.25, 0.3) is 5.91 Å². The van der Waals surface area contributed by atoms with Crippen LogP contribution in [0.2, 0.25) is 0 Å². The number of rotatable bonds is 2. The Morgan fingerprint density at radius 2 is 2.64 bits per heavy atom. The first-order valence-electron chi connectivity index (χ1n) is 4.70. The average Bonchev–Trinajstić information content (AvgIpc) is 2.75. The molecule has 1 amide bonds. The summed E-state index contributed by atoms with van der Waals surface area (Å²) in [6.07, 6.45) is 0.971. The van der Waals surface area contributed by atoms with Crippen LogP contribution in [0.3, 0.4) is 0 Å². The summed E-state index contributed by atoms with van der Waals surface area (Å²) >= 11 is 0. The third-order valence-electron chi connectivity index (χ3n) is 2.25. The van der Waals surface area contributed by atoms with Crippen molar-refractivity contribution in [1.29, 1.82) is 0 Å². The Hall–Kier alpha value is -1.36. The second-order valence-corrected chi connectivity index (χ2v) is 3.50.